The normalized spacial score (nSPS) is 10.9. The van der Waals surface area contributed by atoms with E-state index in [9.17, 15) is 4.79 Å². The molecular formula is C10H6N4O. The Morgan fingerprint density at radius 2 is 2.00 bits per heavy atom. The van der Waals surface area contributed by atoms with Crippen molar-refractivity contribution in [3.8, 4) is 0 Å². The third-order valence-corrected chi connectivity index (χ3v) is 2.20. The van der Waals surface area contributed by atoms with Gasteiger partial charge in [0.2, 0.25) is 0 Å². The van der Waals surface area contributed by atoms with Gasteiger partial charge in [-0.1, -0.05) is 0 Å². The quantitative estimate of drug-likeness (QED) is 0.544. The maximum atomic E-state index is 11.1. The van der Waals surface area contributed by atoms with Crippen LogP contribution in [-0.4, -0.2) is 19.9 Å². The summed E-state index contributed by atoms with van der Waals surface area (Å²) in [4.78, 5) is 25.8. The van der Waals surface area contributed by atoms with E-state index < -0.39 is 0 Å². The first-order valence-corrected chi connectivity index (χ1v) is 4.42. The fourth-order valence-electron chi connectivity index (χ4n) is 1.52. The number of benzene rings is 1. The number of nitrogens with zero attached hydrogens (tertiary/aromatic N) is 3. The topological polar surface area (TPSA) is 71.5 Å². The van der Waals surface area contributed by atoms with Gasteiger partial charge in [-0.2, -0.15) is 0 Å². The number of hydrogen-bond donors (Lipinski definition) is 1. The number of aromatic nitrogens is 4. The van der Waals surface area contributed by atoms with Gasteiger partial charge in [-0.25, -0.2) is 15.0 Å². The van der Waals surface area contributed by atoms with Gasteiger partial charge in [0.25, 0.3) is 5.56 Å². The molecule has 0 amide bonds. The molecule has 72 valence electrons. The predicted molar refractivity (Wildman–Crippen MR) is 55.5 cm³/mol. The Bertz CT molecular complexity index is 704. The molecule has 0 atom stereocenters. The van der Waals surface area contributed by atoms with Crippen LogP contribution in [0.5, 0.6) is 0 Å². The van der Waals surface area contributed by atoms with Crippen molar-refractivity contribution in [3.05, 3.63) is 41.2 Å². The molecule has 3 aromatic rings. The highest BCUT2D eigenvalue weighted by molar-refractivity contribution is 5.91. The molecule has 0 aliphatic heterocycles. The minimum atomic E-state index is -0.212. The van der Waals surface area contributed by atoms with Gasteiger partial charge in [-0.05, 0) is 12.1 Å². The summed E-state index contributed by atoms with van der Waals surface area (Å²) in [5.74, 6) is 0. The number of aromatic amines is 1. The Morgan fingerprint density at radius 1 is 1.07 bits per heavy atom. The molecule has 5 nitrogen and oxygen atoms in total. The van der Waals surface area contributed by atoms with Crippen LogP contribution in [0.1, 0.15) is 0 Å². The van der Waals surface area contributed by atoms with Crippen molar-refractivity contribution in [2.75, 3.05) is 0 Å². The molecule has 15 heavy (non-hydrogen) atoms. The summed E-state index contributed by atoms with van der Waals surface area (Å²) in [5, 5.41) is 0.907. The SMILES string of the molecule is O=c1cnc2cc3cncnc3cc2[nH]1. The highest BCUT2D eigenvalue weighted by atomic mass is 16.1. The fourth-order valence-corrected chi connectivity index (χ4v) is 1.52. The summed E-state index contributed by atoms with van der Waals surface area (Å²) in [6, 6.07) is 3.64. The first-order chi connectivity index (χ1) is 7.33. The van der Waals surface area contributed by atoms with E-state index in [1.165, 1.54) is 12.5 Å². The van der Waals surface area contributed by atoms with Crippen molar-refractivity contribution < 1.29 is 0 Å². The minimum absolute atomic E-state index is 0.212. The van der Waals surface area contributed by atoms with Crippen LogP contribution < -0.4 is 5.56 Å². The fraction of sp³-hybridized carbons (Fsp3) is 0. The van der Waals surface area contributed by atoms with Gasteiger partial charge in [-0.3, -0.25) is 4.79 Å². The van der Waals surface area contributed by atoms with Crippen LogP contribution >= 0.6 is 0 Å². The average molecular weight is 198 g/mol. The van der Waals surface area contributed by atoms with E-state index in [0.29, 0.717) is 5.52 Å². The Kier molecular flexibility index (Phi) is 1.53. The zero-order chi connectivity index (χ0) is 10.3. The van der Waals surface area contributed by atoms with Gasteiger partial charge in [0.1, 0.15) is 6.33 Å². The summed E-state index contributed by atoms with van der Waals surface area (Å²) < 4.78 is 0. The van der Waals surface area contributed by atoms with Crippen LogP contribution in [0, 0.1) is 0 Å². The second kappa shape index (κ2) is 2.84. The number of H-pyrrole nitrogens is 1. The summed E-state index contributed by atoms with van der Waals surface area (Å²) >= 11 is 0. The van der Waals surface area contributed by atoms with Gasteiger partial charge in [0.05, 0.1) is 22.7 Å². The molecule has 1 aromatic carbocycles. The Morgan fingerprint density at radius 3 is 2.93 bits per heavy atom. The summed E-state index contributed by atoms with van der Waals surface area (Å²) in [5.41, 5.74) is 2.00. The van der Waals surface area contributed by atoms with E-state index >= 15 is 0 Å². The van der Waals surface area contributed by atoms with Gasteiger partial charge in [-0.15, -0.1) is 0 Å². The third kappa shape index (κ3) is 1.25. The molecule has 0 saturated carbocycles. The molecule has 0 bridgehead atoms. The van der Waals surface area contributed by atoms with E-state index in [4.69, 9.17) is 0 Å². The molecule has 0 spiro atoms. The lowest BCUT2D eigenvalue weighted by atomic mass is 10.2. The van der Waals surface area contributed by atoms with Crippen molar-refractivity contribution >= 4 is 21.9 Å². The highest BCUT2D eigenvalue weighted by Gasteiger charge is 2.00. The Labute approximate surface area is 83.8 Å². The van der Waals surface area contributed by atoms with E-state index in [1.54, 1.807) is 12.3 Å². The van der Waals surface area contributed by atoms with E-state index in [-0.39, 0.29) is 5.56 Å². The number of rotatable bonds is 0. The number of nitrogens with one attached hydrogen (secondary N) is 1. The van der Waals surface area contributed by atoms with Crippen molar-refractivity contribution in [2.45, 2.75) is 0 Å². The molecular weight excluding hydrogens is 192 g/mol. The van der Waals surface area contributed by atoms with Crippen LogP contribution in [0.4, 0.5) is 0 Å². The lowest BCUT2D eigenvalue weighted by molar-refractivity contribution is 1.20. The van der Waals surface area contributed by atoms with Gasteiger partial charge in [0.15, 0.2) is 0 Å². The summed E-state index contributed by atoms with van der Waals surface area (Å²) in [6.45, 7) is 0. The molecule has 2 heterocycles. The molecule has 3 rings (SSSR count). The zero-order valence-corrected chi connectivity index (χ0v) is 7.64. The van der Waals surface area contributed by atoms with Crippen molar-refractivity contribution in [1.82, 2.24) is 19.9 Å². The average Bonchev–Trinajstić information content (AvgIpc) is 2.26. The molecule has 0 aliphatic rings. The minimum Gasteiger partial charge on any atom is -0.319 e. The zero-order valence-electron chi connectivity index (χ0n) is 7.64. The molecule has 0 saturated heterocycles. The molecule has 5 heteroatoms. The lowest BCUT2D eigenvalue weighted by Gasteiger charge is -1.98. The summed E-state index contributed by atoms with van der Waals surface area (Å²) in [7, 11) is 0. The first-order valence-electron chi connectivity index (χ1n) is 4.42. The van der Waals surface area contributed by atoms with Crippen LogP contribution in [0.15, 0.2) is 35.6 Å². The molecule has 2 aromatic heterocycles. The molecule has 0 fully saturated rings. The van der Waals surface area contributed by atoms with E-state index in [1.807, 2.05) is 6.07 Å². The molecule has 0 aliphatic carbocycles. The van der Waals surface area contributed by atoms with Crippen LogP contribution in [0.25, 0.3) is 21.9 Å². The number of fused-ring (bicyclic) bond motifs is 2. The maximum absolute atomic E-state index is 11.1. The summed E-state index contributed by atoms with van der Waals surface area (Å²) in [6.07, 6.45) is 4.45. The highest BCUT2D eigenvalue weighted by Crippen LogP contribution is 2.15. The van der Waals surface area contributed by atoms with Crippen molar-refractivity contribution in [3.63, 3.8) is 0 Å². The van der Waals surface area contributed by atoms with Crippen molar-refractivity contribution in [2.24, 2.45) is 0 Å². The Balaban J connectivity index is 2.53. The largest absolute Gasteiger partial charge is 0.319 e. The van der Waals surface area contributed by atoms with Gasteiger partial charge in [0, 0.05) is 11.6 Å². The van der Waals surface area contributed by atoms with Crippen LogP contribution in [-0.2, 0) is 0 Å². The van der Waals surface area contributed by atoms with Gasteiger partial charge >= 0.3 is 0 Å². The number of hydrogen-bond acceptors (Lipinski definition) is 4. The first kappa shape index (κ1) is 8.05. The monoisotopic (exact) mass is 198 g/mol. The lowest BCUT2D eigenvalue weighted by Crippen LogP contribution is -2.04. The second-order valence-electron chi connectivity index (χ2n) is 3.20. The van der Waals surface area contributed by atoms with Crippen molar-refractivity contribution in [1.29, 1.82) is 0 Å². The molecule has 0 radical (unpaired) electrons. The second-order valence-corrected chi connectivity index (χ2v) is 3.20. The standard InChI is InChI=1S/C10H6N4O/c15-10-4-12-8-1-6-3-11-5-13-7(6)2-9(8)14-10/h1-5H,(H,14,15). The van der Waals surface area contributed by atoms with Crippen LogP contribution in [0.2, 0.25) is 0 Å². The van der Waals surface area contributed by atoms with E-state index in [2.05, 4.69) is 19.9 Å². The van der Waals surface area contributed by atoms with E-state index in [0.717, 1.165) is 16.4 Å². The third-order valence-electron chi connectivity index (χ3n) is 2.20. The maximum Gasteiger partial charge on any atom is 0.266 e. The predicted octanol–water partition coefficient (Wildman–Crippen LogP) is 0.866. The molecule has 1 N–H and O–H groups in total. The van der Waals surface area contributed by atoms with Gasteiger partial charge < -0.3 is 4.98 Å². The Hall–Kier alpha value is -2.30. The van der Waals surface area contributed by atoms with Crippen LogP contribution in [0.3, 0.4) is 0 Å². The molecule has 0 unspecified atom stereocenters. The smallest absolute Gasteiger partial charge is 0.266 e.